The van der Waals surface area contributed by atoms with Crippen LogP contribution in [0.1, 0.15) is 57.2 Å². The van der Waals surface area contributed by atoms with Crippen LogP contribution in [0.25, 0.3) is 16.9 Å². The first-order valence-corrected chi connectivity index (χ1v) is 10.5. The zero-order chi connectivity index (χ0) is 21.8. The maximum Gasteiger partial charge on any atom is 0.277 e. The molecular weight excluding hydrogens is 382 g/mol. The number of aromatic amines is 1. The molecule has 1 atom stereocenters. The second-order valence-corrected chi connectivity index (χ2v) is 7.67. The number of aryl methyl sites for hydroxylation is 2. The molecule has 0 radical (unpaired) electrons. The summed E-state index contributed by atoms with van der Waals surface area (Å²) in [5, 5.41) is 17.9. The highest BCUT2D eigenvalue weighted by molar-refractivity contribution is 5.66. The third-order valence-corrected chi connectivity index (χ3v) is 4.89. The summed E-state index contributed by atoms with van der Waals surface area (Å²) in [6.45, 7) is 10.3. The van der Waals surface area contributed by atoms with Gasteiger partial charge in [-0.25, -0.2) is 9.50 Å². The van der Waals surface area contributed by atoms with E-state index in [1.54, 1.807) is 4.52 Å². The molecule has 3 N–H and O–H groups in total. The summed E-state index contributed by atoms with van der Waals surface area (Å²) >= 11 is 0. The average Bonchev–Trinajstić information content (AvgIpc) is 3.02. The number of aromatic nitrogens is 4. The maximum atomic E-state index is 12.9. The standard InChI is InChI=1S/C22H31N5O3/c1-6-8-19-24-14(5)20-22(29)25-21(26-27(19)20)16-11-15(9-10-18(16)30-7-2)17(12-28)23-13(3)4/h9-11,13,17,23,28H,6-8,12H2,1-5H3,(H,25,26,29). The van der Waals surface area contributed by atoms with Crippen molar-refractivity contribution in [3.63, 3.8) is 0 Å². The Balaban J connectivity index is 2.19. The molecule has 0 aliphatic carbocycles. The summed E-state index contributed by atoms with van der Waals surface area (Å²) in [6, 6.07) is 5.66. The molecule has 1 unspecified atom stereocenters. The minimum atomic E-state index is -0.237. The third-order valence-electron chi connectivity index (χ3n) is 4.89. The molecule has 0 fully saturated rings. The molecule has 162 valence electrons. The molecule has 0 saturated heterocycles. The fraction of sp³-hybridized carbons (Fsp3) is 0.500. The number of ether oxygens (including phenoxy) is 1. The minimum absolute atomic E-state index is 0.0457. The molecule has 1 aromatic carbocycles. The number of imidazole rings is 1. The van der Waals surface area contributed by atoms with Crippen molar-refractivity contribution in [2.45, 2.75) is 59.5 Å². The Morgan fingerprint density at radius 3 is 2.70 bits per heavy atom. The molecular formula is C22H31N5O3. The predicted molar refractivity (Wildman–Crippen MR) is 117 cm³/mol. The van der Waals surface area contributed by atoms with Gasteiger partial charge in [-0.1, -0.05) is 26.8 Å². The lowest BCUT2D eigenvalue weighted by Gasteiger charge is -2.21. The highest BCUT2D eigenvalue weighted by Crippen LogP contribution is 2.31. The van der Waals surface area contributed by atoms with Crippen molar-refractivity contribution in [3.05, 3.63) is 45.6 Å². The van der Waals surface area contributed by atoms with Gasteiger partial charge in [0.25, 0.3) is 5.56 Å². The smallest absolute Gasteiger partial charge is 0.277 e. The average molecular weight is 414 g/mol. The van der Waals surface area contributed by atoms with Gasteiger partial charge in [0, 0.05) is 12.5 Å². The van der Waals surface area contributed by atoms with Crippen molar-refractivity contribution in [2.75, 3.05) is 13.2 Å². The molecule has 3 rings (SSSR count). The molecule has 0 bridgehead atoms. The zero-order valence-corrected chi connectivity index (χ0v) is 18.3. The second kappa shape index (κ2) is 9.40. The fourth-order valence-electron chi connectivity index (χ4n) is 3.63. The van der Waals surface area contributed by atoms with E-state index >= 15 is 0 Å². The highest BCUT2D eigenvalue weighted by Gasteiger charge is 2.19. The molecule has 0 aliphatic heterocycles. The Morgan fingerprint density at radius 2 is 2.07 bits per heavy atom. The Labute approximate surface area is 176 Å². The number of benzene rings is 1. The van der Waals surface area contributed by atoms with Crippen LogP contribution in [-0.2, 0) is 6.42 Å². The molecule has 0 aliphatic rings. The first-order valence-electron chi connectivity index (χ1n) is 10.5. The topological polar surface area (TPSA) is 105 Å². The Bertz CT molecular complexity index is 1070. The van der Waals surface area contributed by atoms with E-state index < -0.39 is 0 Å². The van der Waals surface area contributed by atoms with E-state index in [0.29, 0.717) is 35.0 Å². The fourth-order valence-corrected chi connectivity index (χ4v) is 3.63. The normalized spacial score (nSPS) is 12.6. The maximum absolute atomic E-state index is 12.9. The van der Waals surface area contributed by atoms with Crippen molar-refractivity contribution in [3.8, 4) is 17.1 Å². The Morgan fingerprint density at radius 1 is 1.30 bits per heavy atom. The lowest BCUT2D eigenvalue weighted by molar-refractivity contribution is 0.237. The Kier molecular flexibility index (Phi) is 6.89. The number of aliphatic hydroxyl groups is 1. The molecule has 2 aromatic heterocycles. The highest BCUT2D eigenvalue weighted by atomic mass is 16.5. The van der Waals surface area contributed by atoms with Gasteiger partial charge in [-0.2, -0.15) is 0 Å². The quantitative estimate of drug-likeness (QED) is 0.498. The van der Waals surface area contributed by atoms with Crippen LogP contribution in [0.3, 0.4) is 0 Å². The molecule has 0 spiro atoms. The summed E-state index contributed by atoms with van der Waals surface area (Å²) in [6.07, 6.45) is 1.63. The molecule has 8 nitrogen and oxygen atoms in total. The minimum Gasteiger partial charge on any atom is -0.493 e. The SMILES string of the molecule is CCCc1nc(C)c2c(=O)[nH]c(-c3cc(C(CO)NC(C)C)ccc3OCC)nn12. The van der Waals surface area contributed by atoms with Gasteiger partial charge in [0.05, 0.1) is 30.5 Å². The third kappa shape index (κ3) is 4.39. The van der Waals surface area contributed by atoms with E-state index in [-0.39, 0.29) is 24.2 Å². The van der Waals surface area contributed by atoms with Gasteiger partial charge in [-0.05, 0) is 38.0 Å². The number of aliphatic hydroxyl groups excluding tert-OH is 1. The van der Waals surface area contributed by atoms with Crippen molar-refractivity contribution < 1.29 is 9.84 Å². The van der Waals surface area contributed by atoms with E-state index in [9.17, 15) is 9.90 Å². The van der Waals surface area contributed by atoms with E-state index in [2.05, 4.69) is 22.2 Å². The second-order valence-electron chi connectivity index (χ2n) is 7.67. The van der Waals surface area contributed by atoms with Crippen LogP contribution < -0.4 is 15.6 Å². The molecule has 8 heteroatoms. The largest absolute Gasteiger partial charge is 0.493 e. The van der Waals surface area contributed by atoms with Crippen molar-refractivity contribution in [1.29, 1.82) is 0 Å². The van der Waals surface area contributed by atoms with Crippen LogP contribution in [-0.4, -0.2) is 43.9 Å². The summed E-state index contributed by atoms with van der Waals surface area (Å²) < 4.78 is 7.45. The number of hydrogen-bond acceptors (Lipinski definition) is 6. The van der Waals surface area contributed by atoms with E-state index in [4.69, 9.17) is 9.84 Å². The first-order chi connectivity index (χ1) is 14.4. The summed E-state index contributed by atoms with van der Waals surface area (Å²) in [5.74, 6) is 1.80. The number of rotatable bonds is 9. The van der Waals surface area contributed by atoms with Crippen LogP contribution >= 0.6 is 0 Å². The first kappa shape index (κ1) is 22.0. The predicted octanol–water partition coefficient (Wildman–Crippen LogP) is 2.78. The monoisotopic (exact) mass is 413 g/mol. The number of nitrogens with one attached hydrogen (secondary N) is 2. The van der Waals surface area contributed by atoms with Crippen molar-refractivity contribution >= 4 is 5.52 Å². The Hall–Kier alpha value is -2.71. The van der Waals surface area contributed by atoms with Crippen LogP contribution in [0.5, 0.6) is 5.75 Å². The van der Waals surface area contributed by atoms with Crippen LogP contribution in [0, 0.1) is 6.92 Å². The molecule has 0 amide bonds. The number of nitrogens with zero attached hydrogens (tertiary/aromatic N) is 3. The van der Waals surface area contributed by atoms with E-state index in [1.807, 2.05) is 45.9 Å². The molecule has 30 heavy (non-hydrogen) atoms. The van der Waals surface area contributed by atoms with Gasteiger partial charge in [-0.15, -0.1) is 5.10 Å². The number of fused-ring (bicyclic) bond motifs is 1. The van der Waals surface area contributed by atoms with Crippen molar-refractivity contribution in [1.82, 2.24) is 24.9 Å². The van der Waals surface area contributed by atoms with E-state index in [1.165, 1.54) is 0 Å². The lowest BCUT2D eigenvalue weighted by atomic mass is 10.0. The van der Waals surface area contributed by atoms with Crippen LogP contribution in [0.2, 0.25) is 0 Å². The van der Waals surface area contributed by atoms with Gasteiger partial charge >= 0.3 is 0 Å². The van der Waals surface area contributed by atoms with Gasteiger partial charge in [-0.3, -0.25) is 4.79 Å². The summed E-state index contributed by atoms with van der Waals surface area (Å²) in [5.41, 5.74) is 2.46. The summed E-state index contributed by atoms with van der Waals surface area (Å²) in [4.78, 5) is 20.3. The zero-order valence-electron chi connectivity index (χ0n) is 18.3. The van der Waals surface area contributed by atoms with Crippen LogP contribution in [0.15, 0.2) is 23.0 Å². The summed E-state index contributed by atoms with van der Waals surface area (Å²) in [7, 11) is 0. The van der Waals surface area contributed by atoms with Crippen molar-refractivity contribution in [2.24, 2.45) is 0 Å². The number of hydrogen-bond donors (Lipinski definition) is 3. The molecule has 3 aromatic rings. The van der Waals surface area contributed by atoms with E-state index in [0.717, 1.165) is 24.2 Å². The lowest BCUT2D eigenvalue weighted by Crippen LogP contribution is -2.30. The number of H-pyrrole nitrogens is 1. The molecule has 0 saturated carbocycles. The van der Waals surface area contributed by atoms with Gasteiger partial charge in [0.15, 0.2) is 11.3 Å². The van der Waals surface area contributed by atoms with Gasteiger partial charge < -0.3 is 20.1 Å². The van der Waals surface area contributed by atoms with Crippen LogP contribution in [0.4, 0.5) is 0 Å². The van der Waals surface area contributed by atoms with Gasteiger partial charge in [0.2, 0.25) is 0 Å². The van der Waals surface area contributed by atoms with Gasteiger partial charge in [0.1, 0.15) is 11.6 Å². The molecule has 2 heterocycles.